The van der Waals surface area contributed by atoms with Crippen LogP contribution in [0.2, 0.25) is 0 Å². The van der Waals surface area contributed by atoms with Gasteiger partial charge in [0, 0.05) is 12.5 Å². The molecule has 1 aliphatic rings. The minimum absolute atomic E-state index is 0.0351. The van der Waals surface area contributed by atoms with E-state index in [1.54, 1.807) is 12.2 Å². The number of ether oxygens (including phenoxy) is 2. The molecule has 24 heavy (non-hydrogen) atoms. The molecule has 1 aliphatic heterocycles. The van der Waals surface area contributed by atoms with E-state index in [0.29, 0.717) is 13.2 Å². The van der Waals surface area contributed by atoms with Crippen LogP contribution in [0.1, 0.15) is 30.5 Å². The first-order chi connectivity index (χ1) is 11.7. The zero-order valence-electron chi connectivity index (χ0n) is 13.7. The molecule has 1 N–H and O–H groups in total. The van der Waals surface area contributed by atoms with E-state index in [-0.39, 0.29) is 11.9 Å². The highest BCUT2D eigenvalue weighted by atomic mass is 16.5. The Hall–Kier alpha value is -2.75. The van der Waals surface area contributed by atoms with Gasteiger partial charge in [0.25, 0.3) is 0 Å². The zero-order chi connectivity index (χ0) is 16.8. The first-order valence-corrected chi connectivity index (χ1v) is 8.15. The van der Waals surface area contributed by atoms with Gasteiger partial charge in [-0.2, -0.15) is 0 Å². The Bertz CT molecular complexity index is 725. The normalized spacial score (nSPS) is 14.9. The molecule has 0 fully saturated rings. The molecule has 4 heteroatoms. The van der Waals surface area contributed by atoms with Crippen molar-refractivity contribution in [3.05, 3.63) is 65.7 Å². The summed E-state index contributed by atoms with van der Waals surface area (Å²) in [5, 5.41) is 2.96. The molecule has 1 atom stereocenters. The summed E-state index contributed by atoms with van der Waals surface area (Å²) in [4.78, 5) is 12.1. The molecule has 124 valence electrons. The first kappa shape index (κ1) is 16.1. The standard InChI is InChI=1S/C20H21NO3/c1-15(17-6-3-2-4-7-17)21-20(22)11-9-16-8-10-18-19(14-16)24-13-5-12-23-18/h2-4,6-11,14-15H,5,12-13H2,1H3,(H,21,22)/b11-9+. The molecule has 1 unspecified atom stereocenters. The van der Waals surface area contributed by atoms with Crippen LogP contribution in [-0.2, 0) is 4.79 Å². The van der Waals surface area contributed by atoms with Gasteiger partial charge in [-0.15, -0.1) is 0 Å². The largest absolute Gasteiger partial charge is 0.490 e. The maximum absolute atomic E-state index is 12.1. The van der Waals surface area contributed by atoms with Crippen molar-refractivity contribution in [3.8, 4) is 11.5 Å². The smallest absolute Gasteiger partial charge is 0.244 e. The van der Waals surface area contributed by atoms with Crippen molar-refractivity contribution in [2.75, 3.05) is 13.2 Å². The van der Waals surface area contributed by atoms with E-state index in [1.807, 2.05) is 55.5 Å². The van der Waals surface area contributed by atoms with Gasteiger partial charge in [-0.1, -0.05) is 36.4 Å². The molecular formula is C20H21NO3. The van der Waals surface area contributed by atoms with E-state index in [1.165, 1.54) is 0 Å². The van der Waals surface area contributed by atoms with Crippen molar-refractivity contribution in [2.24, 2.45) is 0 Å². The average molecular weight is 323 g/mol. The second-order valence-electron chi connectivity index (χ2n) is 5.73. The van der Waals surface area contributed by atoms with Crippen LogP contribution in [0, 0.1) is 0 Å². The van der Waals surface area contributed by atoms with Crippen molar-refractivity contribution in [1.82, 2.24) is 5.32 Å². The number of carbonyl (C=O) groups excluding carboxylic acids is 1. The molecule has 0 aliphatic carbocycles. The van der Waals surface area contributed by atoms with Gasteiger partial charge in [0.15, 0.2) is 11.5 Å². The fraction of sp³-hybridized carbons (Fsp3) is 0.250. The third-order valence-corrected chi connectivity index (χ3v) is 3.86. The van der Waals surface area contributed by atoms with E-state index in [2.05, 4.69) is 5.32 Å². The van der Waals surface area contributed by atoms with Crippen molar-refractivity contribution in [3.63, 3.8) is 0 Å². The monoisotopic (exact) mass is 323 g/mol. The molecule has 0 saturated carbocycles. The first-order valence-electron chi connectivity index (χ1n) is 8.15. The molecule has 0 spiro atoms. The molecule has 1 amide bonds. The lowest BCUT2D eigenvalue weighted by molar-refractivity contribution is -0.117. The number of hydrogen-bond donors (Lipinski definition) is 1. The van der Waals surface area contributed by atoms with Gasteiger partial charge in [0.05, 0.1) is 19.3 Å². The quantitative estimate of drug-likeness (QED) is 0.872. The fourth-order valence-electron chi connectivity index (χ4n) is 2.54. The molecule has 3 rings (SSSR count). The summed E-state index contributed by atoms with van der Waals surface area (Å²) >= 11 is 0. The number of benzene rings is 2. The van der Waals surface area contributed by atoms with Crippen LogP contribution in [0.4, 0.5) is 0 Å². The van der Waals surface area contributed by atoms with Crippen LogP contribution in [0.5, 0.6) is 11.5 Å². The highest BCUT2D eigenvalue weighted by Gasteiger charge is 2.10. The molecule has 0 saturated heterocycles. The second-order valence-corrected chi connectivity index (χ2v) is 5.73. The van der Waals surface area contributed by atoms with Gasteiger partial charge in [-0.25, -0.2) is 0 Å². The van der Waals surface area contributed by atoms with Crippen molar-refractivity contribution in [1.29, 1.82) is 0 Å². The van der Waals surface area contributed by atoms with Gasteiger partial charge < -0.3 is 14.8 Å². The van der Waals surface area contributed by atoms with Crippen molar-refractivity contribution >= 4 is 12.0 Å². The highest BCUT2D eigenvalue weighted by Crippen LogP contribution is 2.30. The highest BCUT2D eigenvalue weighted by molar-refractivity contribution is 5.92. The number of rotatable bonds is 4. The van der Waals surface area contributed by atoms with Crippen LogP contribution in [0.25, 0.3) is 6.08 Å². The molecule has 4 nitrogen and oxygen atoms in total. The Morgan fingerprint density at radius 1 is 1.08 bits per heavy atom. The van der Waals surface area contributed by atoms with Gasteiger partial charge >= 0.3 is 0 Å². The van der Waals surface area contributed by atoms with Gasteiger partial charge in [0.2, 0.25) is 5.91 Å². The number of nitrogens with one attached hydrogen (secondary N) is 1. The topological polar surface area (TPSA) is 47.6 Å². The molecule has 1 heterocycles. The number of fused-ring (bicyclic) bond motifs is 1. The lowest BCUT2D eigenvalue weighted by Gasteiger charge is -2.12. The molecule has 2 aromatic carbocycles. The zero-order valence-corrected chi connectivity index (χ0v) is 13.7. The summed E-state index contributed by atoms with van der Waals surface area (Å²) < 4.78 is 11.3. The van der Waals surface area contributed by atoms with Gasteiger partial charge in [0.1, 0.15) is 0 Å². The second kappa shape index (κ2) is 7.68. The SMILES string of the molecule is CC(NC(=O)/C=C/c1ccc2c(c1)OCCCO2)c1ccccc1. The minimum atomic E-state index is -0.126. The predicted molar refractivity (Wildman–Crippen MR) is 94.1 cm³/mol. The summed E-state index contributed by atoms with van der Waals surface area (Å²) in [6.07, 6.45) is 4.19. The van der Waals surface area contributed by atoms with E-state index in [4.69, 9.17) is 9.47 Å². The summed E-state index contributed by atoms with van der Waals surface area (Å²) in [5.74, 6) is 1.36. The third-order valence-electron chi connectivity index (χ3n) is 3.86. The van der Waals surface area contributed by atoms with Crippen LogP contribution >= 0.6 is 0 Å². The summed E-state index contributed by atoms with van der Waals surface area (Å²) in [6, 6.07) is 15.5. The Morgan fingerprint density at radius 3 is 2.62 bits per heavy atom. The van der Waals surface area contributed by atoms with E-state index >= 15 is 0 Å². The lowest BCUT2D eigenvalue weighted by atomic mass is 10.1. The number of amides is 1. The molecular weight excluding hydrogens is 302 g/mol. The average Bonchev–Trinajstić information content (AvgIpc) is 2.85. The van der Waals surface area contributed by atoms with E-state index in [9.17, 15) is 4.79 Å². The fourth-order valence-corrected chi connectivity index (χ4v) is 2.54. The van der Waals surface area contributed by atoms with Crippen molar-refractivity contribution < 1.29 is 14.3 Å². The Balaban J connectivity index is 1.63. The Labute approximate surface area is 142 Å². The Kier molecular flexibility index (Phi) is 5.16. The summed E-state index contributed by atoms with van der Waals surface area (Å²) in [6.45, 7) is 3.28. The van der Waals surface area contributed by atoms with Gasteiger partial charge in [-0.05, 0) is 36.3 Å². The molecule has 0 radical (unpaired) electrons. The van der Waals surface area contributed by atoms with Crippen LogP contribution in [0.3, 0.4) is 0 Å². The summed E-state index contributed by atoms with van der Waals surface area (Å²) in [5.41, 5.74) is 1.98. The maximum Gasteiger partial charge on any atom is 0.244 e. The number of carbonyl (C=O) groups is 1. The minimum Gasteiger partial charge on any atom is -0.490 e. The van der Waals surface area contributed by atoms with Crippen LogP contribution < -0.4 is 14.8 Å². The van der Waals surface area contributed by atoms with Crippen molar-refractivity contribution in [2.45, 2.75) is 19.4 Å². The van der Waals surface area contributed by atoms with E-state index < -0.39 is 0 Å². The third kappa shape index (κ3) is 4.16. The maximum atomic E-state index is 12.1. The molecule has 0 aromatic heterocycles. The van der Waals surface area contributed by atoms with Crippen LogP contribution in [0.15, 0.2) is 54.6 Å². The summed E-state index contributed by atoms with van der Waals surface area (Å²) in [7, 11) is 0. The van der Waals surface area contributed by atoms with Gasteiger partial charge in [-0.3, -0.25) is 4.79 Å². The van der Waals surface area contributed by atoms with E-state index in [0.717, 1.165) is 29.0 Å². The molecule has 2 aromatic rings. The Morgan fingerprint density at radius 2 is 1.83 bits per heavy atom. The molecule has 0 bridgehead atoms. The lowest BCUT2D eigenvalue weighted by Crippen LogP contribution is -2.24. The number of hydrogen-bond acceptors (Lipinski definition) is 3. The predicted octanol–water partition coefficient (Wildman–Crippen LogP) is 3.74. The van der Waals surface area contributed by atoms with Crippen LogP contribution in [-0.4, -0.2) is 19.1 Å².